The van der Waals surface area contributed by atoms with E-state index in [1.807, 2.05) is 18.2 Å². The minimum atomic E-state index is 0.458. The SMILES string of the molecule is COc1cc(OC)nc(NCC2CCOc3ccccc3C2)n1. The summed E-state index contributed by atoms with van der Waals surface area (Å²) in [5.41, 5.74) is 1.25. The van der Waals surface area contributed by atoms with E-state index >= 15 is 0 Å². The maximum atomic E-state index is 5.80. The third-order valence-electron chi connectivity index (χ3n) is 3.91. The average molecular weight is 315 g/mol. The van der Waals surface area contributed by atoms with Gasteiger partial charge in [0.25, 0.3) is 0 Å². The highest BCUT2D eigenvalue weighted by molar-refractivity contribution is 5.36. The standard InChI is InChI=1S/C17H21N3O3/c1-21-15-10-16(22-2)20-17(19-15)18-11-12-7-8-23-14-6-4-3-5-13(14)9-12/h3-6,10,12H,7-9,11H2,1-2H3,(H,18,19,20). The highest BCUT2D eigenvalue weighted by Crippen LogP contribution is 2.27. The molecule has 6 nitrogen and oxygen atoms in total. The second-order valence-corrected chi connectivity index (χ2v) is 5.47. The van der Waals surface area contributed by atoms with E-state index in [0.29, 0.717) is 23.6 Å². The zero-order valence-corrected chi connectivity index (χ0v) is 13.4. The molecule has 0 spiro atoms. The molecule has 3 rings (SSSR count). The van der Waals surface area contributed by atoms with Crippen LogP contribution in [0.15, 0.2) is 30.3 Å². The summed E-state index contributed by atoms with van der Waals surface area (Å²) in [4.78, 5) is 8.59. The number of fused-ring (bicyclic) bond motifs is 1. The van der Waals surface area contributed by atoms with E-state index in [4.69, 9.17) is 14.2 Å². The maximum Gasteiger partial charge on any atom is 0.229 e. The molecule has 1 aliphatic heterocycles. The predicted molar refractivity (Wildman–Crippen MR) is 87.4 cm³/mol. The Balaban J connectivity index is 1.66. The van der Waals surface area contributed by atoms with Gasteiger partial charge in [-0.2, -0.15) is 9.97 Å². The van der Waals surface area contributed by atoms with Crippen LogP contribution < -0.4 is 19.5 Å². The van der Waals surface area contributed by atoms with E-state index in [-0.39, 0.29) is 0 Å². The molecule has 122 valence electrons. The number of para-hydroxylation sites is 1. The maximum absolute atomic E-state index is 5.80. The van der Waals surface area contributed by atoms with Crippen molar-refractivity contribution in [3.8, 4) is 17.5 Å². The Kier molecular flexibility index (Phi) is 4.80. The summed E-state index contributed by atoms with van der Waals surface area (Å²) < 4.78 is 16.1. The van der Waals surface area contributed by atoms with Crippen LogP contribution in [0, 0.1) is 5.92 Å². The van der Waals surface area contributed by atoms with Crippen molar-refractivity contribution in [2.45, 2.75) is 12.8 Å². The monoisotopic (exact) mass is 315 g/mol. The summed E-state index contributed by atoms with van der Waals surface area (Å²) in [6.45, 7) is 1.50. The van der Waals surface area contributed by atoms with E-state index in [1.165, 1.54) is 5.56 Å². The molecule has 2 heterocycles. The average Bonchev–Trinajstić information content (AvgIpc) is 2.81. The molecular weight excluding hydrogens is 294 g/mol. The summed E-state index contributed by atoms with van der Waals surface area (Å²) in [6, 6.07) is 9.86. The number of methoxy groups -OCH3 is 2. The topological polar surface area (TPSA) is 65.5 Å². The third kappa shape index (κ3) is 3.83. The van der Waals surface area contributed by atoms with E-state index in [2.05, 4.69) is 21.4 Å². The van der Waals surface area contributed by atoms with E-state index in [0.717, 1.165) is 31.7 Å². The smallest absolute Gasteiger partial charge is 0.229 e. The van der Waals surface area contributed by atoms with Crippen LogP contribution in [-0.4, -0.2) is 37.3 Å². The Morgan fingerprint density at radius 1 is 1.17 bits per heavy atom. The fraction of sp³-hybridized carbons (Fsp3) is 0.412. The molecule has 0 bridgehead atoms. The molecule has 2 aromatic rings. The molecule has 1 atom stereocenters. The van der Waals surface area contributed by atoms with Crippen molar-refractivity contribution in [1.82, 2.24) is 9.97 Å². The second-order valence-electron chi connectivity index (χ2n) is 5.47. The molecular formula is C17H21N3O3. The lowest BCUT2D eigenvalue weighted by Gasteiger charge is -2.15. The number of hydrogen-bond acceptors (Lipinski definition) is 6. The number of hydrogen-bond donors (Lipinski definition) is 1. The summed E-state index contributed by atoms with van der Waals surface area (Å²) in [6.07, 6.45) is 1.97. The van der Waals surface area contributed by atoms with Gasteiger partial charge in [-0.3, -0.25) is 0 Å². The molecule has 0 saturated heterocycles. The fourth-order valence-electron chi connectivity index (χ4n) is 2.66. The van der Waals surface area contributed by atoms with Crippen LogP contribution in [0.5, 0.6) is 17.5 Å². The molecule has 1 unspecified atom stereocenters. The van der Waals surface area contributed by atoms with Crippen molar-refractivity contribution in [2.24, 2.45) is 5.92 Å². The van der Waals surface area contributed by atoms with Crippen LogP contribution >= 0.6 is 0 Å². The van der Waals surface area contributed by atoms with E-state index in [1.54, 1.807) is 20.3 Å². The van der Waals surface area contributed by atoms with Gasteiger partial charge in [0.1, 0.15) is 5.75 Å². The summed E-state index contributed by atoms with van der Waals surface area (Å²) in [5.74, 6) is 2.93. The van der Waals surface area contributed by atoms with Crippen molar-refractivity contribution in [3.63, 3.8) is 0 Å². The van der Waals surface area contributed by atoms with Gasteiger partial charge in [0, 0.05) is 6.54 Å². The van der Waals surface area contributed by atoms with Crippen LogP contribution in [0.25, 0.3) is 0 Å². The van der Waals surface area contributed by atoms with Crippen LogP contribution in [0.1, 0.15) is 12.0 Å². The van der Waals surface area contributed by atoms with Gasteiger partial charge in [-0.25, -0.2) is 0 Å². The first-order chi connectivity index (χ1) is 11.3. The third-order valence-corrected chi connectivity index (χ3v) is 3.91. The van der Waals surface area contributed by atoms with E-state index < -0.39 is 0 Å². The van der Waals surface area contributed by atoms with Gasteiger partial charge >= 0.3 is 0 Å². The van der Waals surface area contributed by atoms with Crippen LogP contribution in [0.2, 0.25) is 0 Å². The summed E-state index contributed by atoms with van der Waals surface area (Å²) in [5, 5.41) is 3.28. The first kappa shape index (κ1) is 15.4. The second kappa shape index (κ2) is 7.17. The number of rotatable bonds is 5. The number of ether oxygens (including phenoxy) is 3. The minimum Gasteiger partial charge on any atom is -0.493 e. The van der Waals surface area contributed by atoms with Gasteiger partial charge in [0.2, 0.25) is 17.7 Å². The van der Waals surface area contributed by atoms with Crippen molar-refractivity contribution in [1.29, 1.82) is 0 Å². The van der Waals surface area contributed by atoms with Crippen molar-refractivity contribution < 1.29 is 14.2 Å². The molecule has 6 heteroatoms. The normalized spacial score (nSPS) is 16.7. The van der Waals surface area contributed by atoms with Gasteiger partial charge in [0.15, 0.2) is 0 Å². The lowest BCUT2D eigenvalue weighted by atomic mass is 9.97. The molecule has 1 N–H and O–H groups in total. The molecule has 0 amide bonds. The Bertz CT molecular complexity index is 641. The highest BCUT2D eigenvalue weighted by Gasteiger charge is 2.17. The number of nitrogens with zero attached hydrogens (tertiary/aromatic N) is 2. The number of anilines is 1. The zero-order chi connectivity index (χ0) is 16.1. The molecule has 23 heavy (non-hydrogen) atoms. The lowest BCUT2D eigenvalue weighted by molar-refractivity contribution is 0.298. The van der Waals surface area contributed by atoms with Crippen molar-refractivity contribution >= 4 is 5.95 Å². The van der Waals surface area contributed by atoms with E-state index in [9.17, 15) is 0 Å². The van der Waals surface area contributed by atoms with Crippen molar-refractivity contribution in [2.75, 3.05) is 32.7 Å². The summed E-state index contributed by atoms with van der Waals surface area (Å²) in [7, 11) is 3.15. The first-order valence-electron chi connectivity index (χ1n) is 7.70. The largest absolute Gasteiger partial charge is 0.493 e. The quantitative estimate of drug-likeness (QED) is 0.915. The predicted octanol–water partition coefficient (Wildman–Crippen LogP) is 2.55. The van der Waals surface area contributed by atoms with Gasteiger partial charge in [-0.05, 0) is 30.4 Å². The summed E-state index contributed by atoms with van der Waals surface area (Å²) >= 11 is 0. The molecule has 0 fully saturated rings. The molecule has 0 saturated carbocycles. The molecule has 1 aliphatic rings. The number of nitrogens with one attached hydrogen (secondary N) is 1. The number of aromatic nitrogens is 2. The fourth-order valence-corrected chi connectivity index (χ4v) is 2.66. The van der Waals surface area contributed by atoms with Crippen LogP contribution in [-0.2, 0) is 6.42 Å². The van der Waals surface area contributed by atoms with Crippen molar-refractivity contribution in [3.05, 3.63) is 35.9 Å². The Hall–Kier alpha value is -2.50. The zero-order valence-electron chi connectivity index (χ0n) is 13.4. The Morgan fingerprint density at radius 2 is 1.91 bits per heavy atom. The Labute approximate surface area is 135 Å². The van der Waals surface area contributed by atoms with Gasteiger partial charge in [-0.15, -0.1) is 0 Å². The number of benzene rings is 1. The Morgan fingerprint density at radius 3 is 2.65 bits per heavy atom. The molecule has 1 aromatic heterocycles. The molecule has 0 radical (unpaired) electrons. The lowest BCUT2D eigenvalue weighted by Crippen LogP contribution is -2.18. The van der Waals surface area contributed by atoms with Gasteiger partial charge in [0.05, 0.1) is 26.9 Å². The molecule has 0 aliphatic carbocycles. The molecule has 1 aromatic carbocycles. The van der Waals surface area contributed by atoms with Gasteiger partial charge < -0.3 is 19.5 Å². The first-order valence-corrected chi connectivity index (χ1v) is 7.70. The van der Waals surface area contributed by atoms with Crippen LogP contribution in [0.3, 0.4) is 0 Å². The minimum absolute atomic E-state index is 0.458. The van der Waals surface area contributed by atoms with Gasteiger partial charge in [-0.1, -0.05) is 18.2 Å². The highest BCUT2D eigenvalue weighted by atomic mass is 16.5. The van der Waals surface area contributed by atoms with Crippen LogP contribution in [0.4, 0.5) is 5.95 Å².